The zero-order chi connectivity index (χ0) is 20.1. The van der Waals surface area contributed by atoms with Gasteiger partial charge in [-0.2, -0.15) is 0 Å². The highest BCUT2D eigenvalue weighted by Crippen LogP contribution is 2.33. The SMILES string of the molecule is Cc1csc(SCc2c(C(=O)NCCCN3CCCCC3)oc3ccccc23)n1. The zero-order valence-electron chi connectivity index (χ0n) is 16.8. The second-order valence-corrected chi connectivity index (χ2v) is 9.54. The van der Waals surface area contributed by atoms with Crippen LogP contribution >= 0.6 is 23.1 Å². The van der Waals surface area contributed by atoms with Crippen LogP contribution in [0.3, 0.4) is 0 Å². The van der Waals surface area contributed by atoms with Crippen LogP contribution in [0.25, 0.3) is 11.0 Å². The lowest BCUT2D eigenvalue weighted by atomic mass is 10.1. The molecule has 0 atom stereocenters. The Labute approximate surface area is 179 Å². The van der Waals surface area contributed by atoms with Crippen molar-refractivity contribution in [2.45, 2.75) is 42.7 Å². The Bertz CT molecular complexity index is 960. The number of thiazole rings is 1. The Morgan fingerprint density at radius 2 is 2.10 bits per heavy atom. The molecule has 1 fully saturated rings. The van der Waals surface area contributed by atoms with Gasteiger partial charge in [0, 0.05) is 34.3 Å². The van der Waals surface area contributed by atoms with Gasteiger partial charge >= 0.3 is 0 Å². The highest BCUT2D eigenvalue weighted by Gasteiger charge is 2.21. The summed E-state index contributed by atoms with van der Waals surface area (Å²) in [6, 6.07) is 7.87. The highest BCUT2D eigenvalue weighted by atomic mass is 32.2. The Hall–Kier alpha value is -1.83. The number of nitrogens with zero attached hydrogens (tertiary/aromatic N) is 2. The molecule has 0 unspecified atom stereocenters. The van der Waals surface area contributed by atoms with E-state index in [4.69, 9.17) is 4.42 Å². The van der Waals surface area contributed by atoms with Gasteiger partial charge in [0.25, 0.3) is 5.91 Å². The number of thioether (sulfide) groups is 1. The van der Waals surface area contributed by atoms with Crippen molar-refractivity contribution in [1.29, 1.82) is 0 Å². The topological polar surface area (TPSA) is 58.4 Å². The first-order valence-corrected chi connectivity index (χ1v) is 12.1. The van der Waals surface area contributed by atoms with Crippen molar-refractivity contribution in [2.24, 2.45) is 0 Å². The Balaban J connectivity index is 1.40. The number of carbonyl (C=O) groups excluding carboxylic acids is 1. The van der Waals surface area contributed by atoms with Gasteiger partial charge in [-0.1, -0.05) is 36.4 Å². The molecular weight excluding hydrogens is 402 g/mol. The molecule has 0 saturated carbocycles. The number of likely N-dealkylation sites (tertiary alicyclic amines) is 1. The fraction of sp³-hybridized carbons (Fsp3) is 0.455. The van der Waals surface area contributed by atoms with Crippen molar-refractivity contribution in [3.8, 4) is 0 Å². The summed E-state index contributed by atoms with van der Waals surface area (Å²) in [4.78, 5) is 19.9. The number of hydrogen-bond acceptors (Lipinski definition) is 6. The summed E-state index contributed by atoms with van der Waals surface area (Å²) < 4.78 is 6.96. The molecule has 5 nitrogen and oxygen atoms in total. The number of hydrogen-bond donors (Lipinski definition) is 1. The minimum Gasteiger partial charge on any atom is -0.451 e. The standard InChI is InChI=1S/C22H27N3O2S2/c1-16-14-28-22(24-16)29-15-18-17-8-3-4-9-19(17)27-20(18)21(26)23-10-7-13-25-11-5-2-6-12-25/h3-4,8-9,14H,2,5-7,10-13,15H2,1H3,(H,23,26). The maximum atomic E-state index is 12.9. The van der Waals surface area contributed by atoms with E-state index >= 15 is 0 Å². The minimum absolute atomic E-state index is 0.120. The maximum Gasteiger partial charge on any atom is 0.287 e. The molecule has 1 N–H and O–H groups in total. The molecule has 1 aliphatic heterocycles. The highest BCUT2D eigenvalue weighted by molar-refractivity contribution is 8.00. The molecule has 1 amide bonds. The van der Waals surface area contributed by atoms with Crippen LogP contribution < -0.4 is 5.32 Å². The van der Waals surface area contributed by atoms with E-state index in [0.29, 0.717) is 18.1 Å². The van der Waals surface area contributed by atoms with E-state index in [0.717, 1.165) is 39.5 Å². The van der Waals surface area contributed by atoms with Gasteiger partial charge in [0.05, 0.1) is 0 Å². The molecule has 29 heavy (non-hydrogen) atoms. The third kappa shape index (κ3) is 5.21. The summed E-state index contributed by atoms with van der Waals surface area (Å²) in [5.41, 5.74) is 2.74. The van der Waals surface area contributed by atoms with Crippen LogP contribution in [-0.4, -0.2) is 42.0 Å². The Kier molecular flexibility index (Phi) is 6.90. The van der Waals surface area contributed by atoms with Crippen molar-refractivity contribution in [2.75, 3.05) is 26.2 Å². The van der Waals surface area contributed by atoms with Gasteiger partial charge in [0.15, 0.2) is 5.76 Å². The van der Waals surface area contributed by atoms with Gasteiger partial charge in [-0.15, -0.1) is 11.3 Å². The van der Waals surface area contributed by atoms with Crippen LogP contribution in [0.1, 0.15) is 47.5 Å². The van der Waals surface area contributed by atoms with Crippen molar-refractivity contribution >= 4 is 40.0 Å². The smallest absolute Gasteiger partial charge is 0.287 e. The van der Waals surface area contributed by atoms with E-state index < -0.39 is 0 Å². The summed E-state index contributed by atoms with van der Waals surface area (Å²) in [6.45, 7) is 6.10. The summed E-state index contributed by atoms with van der Waals surface area (Å²) >= 11 is 3.29. The van der Waals surface area contributed by atoms with E-state index in [-0.39, 0.29) is 5.91 Å². The van der Waals surface area contributed by atoms with Gasteiger partial charge in [0.1, 0.15) is 9.92 Å². The normalized spacial score (nSPS) is 15.1. The number of aryl methyl sites for hydroxylation is 1. The van der Waals surface area contributed by atoms with E-state index in [1.165, 1.54) is 32.4 Å². The molecule has 0 bridgehead atoms. The molecule has 2 aromatic heterocycles. The summed E-state index contributed by atoms with van der Waals surface area (Å²) in [5.74, 6) is 0.983. The minimum atomic E-state index is -0.120. The van der Waals surface area contributed by atoms with Gasteiger partial charge in [0.2, 0.25) is 0 Å². The van der Waals surface area contributed by atoms with Crippen molar-refractivity contribution in [1.82, 2.24) is 15.2 Å². The lowest BCUT2D eigenvalue weighted by Gasteiger charge is -2.26. The van der Waals surface area contributed by atoms with Crippen LogP contribution in [0.4, 0.5) is 0 Å². The van der Waals surface area contributed by atoms with Crippen LogP contribution in [0.15, 0.2) is 38.4 Å². The van der Waals surface area contributed by atoms with Crippen LogP contribution in [0, 0.1) is 6.92 Å². The molecule has 154 valence electrons. The molecule has 3 aromatic rings. The third-order valence-electron chi connectivity index (χ3n) is 5.23. The van der Waals surface area contributed by atoms with Gasteiger partial charge in [-0.3, -0.25) is 4.79 Å². The number of fused-ring (bicyclic) bond motifs is 1. The van der Waals surface area contributed by atoms with Crippen molar-refractivity contribution in [3.05, 3.63) is 46.7 Å². The lowest BCUT2D eigenvalue weighted by Crippen LogP contribution is -2.33. The predicted octanol–water partition coefficient (Wildman–Crippen LogP) is 5.10. The van der Waals surface area contributed by atoms with E-state index in [1.54, 1.807) is 23.1 Å². The van der Waals surface area contributed by atoms with E-state index in [2.05, 4.69) is 15.2 Å². The molecule has 1 aromatic carbocycles. The van der Waals surface area contributed by atoms with Crippen LogP contribution in [0.5, 0.6) is 0 Å². The Morgan fingerprint density at radius 3 is 2.90 bits per heavy atom. The second kappa shape index (κ2) is 9.78. The summed E-state index contributed by atoms with van der Waals surface area (Å²) in [5, 5.41) is 6.11. The molecule has 1 saturated heterocycles. The number of benzene rings is 1. The fourth-order valence-electron chi connectivity index (χ4n) is 3.73. The number of carbonyl (C=O) groups is 1. The number of rotatable bonds is 8. The quantitative estimate of drug-likeness (QED) is 0.399. The van der Waals surface area contributed by atoms with Gasteiger partial charge < -0.3 is 14.6 Å². The largest absolute Gasteiger partial charge is 0.451 e. The summed E-state index contributed by atoms with van der Waals surface area (Å²) in [6.07, 6.45) is 4.91. The van der Waals surface area contributed by atoms with E-state index in [9.17, 15) is 4.79 Å². The first kappa shape index (κ1) is 20.4. The third-order valence-corrected chi connectivity index (χ3v) is 7.39. The molecule has 3 heterocycles. The van der Waals surface area contributed by atoms with Crippen molar-refractivity contribution < 1.29 is 9.21 Å². The fourth-order valence-corrected chi connectivity index (χ4v) is 5.60. The van der Waals surface area contributed by atoms with Gasteiger partial charge in [-0.05, 0) is 51.9 Å². The average Bonchev–Trinajstić information content (AvgIpc) is 3.33. The van der Waals surface area contributed by atoms with E-state index in [1.807, 2.05) is 36.6 Å². The van der Waals surface area contributed by atoms with Crippen molar-refractivity contribution in [3.63, 3.8) is 0 Å². The van der Waals surface area contributed by atoms with Crippen LogP contribution in [-0.2, 0) is 5.75 Å². The monoisotopic (exact) mass is 429 g/mol. The number of amides is 1. The first-order valence-electron chi connectivity index (χ1n) is 10.3. The van der Waals surface area contributed by atoms with Gasteiger partial charge in [-0.25, -0.2) is 4.98 Å². The molecule has 0 aliphatic carbocycles. The second-order valence-electron chi connectivity index (χ2n) is 7.46. The lowest BCUT2D eigenvalue weighted by molar-refractivity contribution is 0.0924. The Morgan fingerprint density at radius 1 is 1.28 bits per heavy atom. The number of piperidine rings is 1. The number of aromatic nitrogens is 1. The molecule has 0 radical (unpaired) electrons. The zero-order valence-corrected chi connectivity index (χ0v) is 18.4. The van der Waals surface area contributed by atoms with Crippen LogP contribution in [0.2, 0.25) is 0 Å². The first-order chi connectivity index (χ1) is 14.2. The molecule has 0 spiro atoms. The number of furan rings is 1. The molecule has 7 heteroatoms. The predicted molar refractivity (Wildman–Crippen MR) is 120 cm³/mol. The summed E-state index contributed by atoms with van der Waals surface area (Å²) in [7, 11) is 0. The molecule has 1 aliphatic rings. The number of nitrogens with one attached hydrogen (secondary N) is 1. The average molecular weight is 430 g/mol. The molecule has 4 rings (SSSR count). The maximum absolute atomic E-state index is 12.9. The number of para-hydroxylation sites is 1. The molecular formula is C22H27N3O2S2.